The standard InChI is InChI=1S/C17H16FNOSe/c1-2-12-3-5-13(6-4-12)17-19-15-11-14(20-10-9-18)7-8-16(15)21-17/h3-8,11H,2,9-10H2,1H3. The van der Waals surface area contributed by atoms with Gasteiger partial charge in [0.1, 0.15) is 0 Å². The van der Waals surface area contributed by atoms with Crippen molar-refractivity contribution in [2.45, 2.75) is 13.3 Å². The fourth-order valence-electron chi connectivity index (χ4n) is 2.16. The van der Waals surface area contributed by atoms with Crippen molar-refractivity contribution in [3.05, 3.63) is 48.0 Å². The molecule has 0 aliphatic carbocycles. The molecule has 0 saturated carbocycles. The van der Waals surface area contributed by atoms with Crippen LogP contribution in [0.15, 0.2) is 42.5 Å². The summed E-state index contributed by atoms with van der Waals surface area (Å²) in [4.78, 5) is 4.72. The molecule has 3 aromatic rings. The normalized spacial score (nSPS) is 11.0. The van der Waals surface area contributed by atoms with Crippen LogP contribution in [0.4, 0.5) is 4.39 Å². The fourth-order valence-corrected chi connectivity index (χ4v) is 4.16. The van der Waals surface area contributed by atoms with Crippen molar-refractivity contribution in [1.82, 2.24) is 4.98 Å². The third kappa shape index (κ3) is 3.17. The molecule has 3 rings (SSSR count). The summed E-state index contributed by atoms with van der Waals surface area (Å²) in [5.74, 6) is 0.688. The summed E-state index contributed by atoms with van der Waals surface area (Å²) in [5, 5.41) is 0. The molecule has 0 aliphatic rings. The van der Waals surface area contributed by atoms with E-state index in [0.29, 0.717) is 5.75 Å². The molecule has 1 heterocycles. The number of aromatic nitrogens is 1. The molecule has 0 saturated heterocycles. The summed E-state index contributed by atoms with van der Waals surface area (Å²) in [6.07, 6.45) is 1.05. The topological polar surface area (TPSA) is 22.1 Å². The van der Waals surface area contributed by atoms with Crippen molar-refractivity contribution in [3.8, 4) is 15.9 Å². The summed E-state index contributed by atoms with van der Waals surface area (Å²) >= 11 is 0.224. The zero-order chi connectivity index (χ0) is 14.7. The van der Waals surface area contributed by atoms with Gasteiger partial charge in [0, 0.05) is 0 Å². The van der Waals surface area contributed by atoms with E-state index >= 15 is 0 Å². The van der Waals surface area contributed by atoms with E-state index in [1.54, 1.807) is 0 Å². The number of hydrogen-bond acceptors (Lipinski definition) is 2. The zero-order valence-corrected chi connectivity index (χ0v) is 13.5. The van der Waals surface area contributed by atoms with Gasteiger partial charge < -0.3 is 0 Å². The van der Waals surface area contributed by atoms with Gasteiger partial charge in [-0.05, 0) is 0 Å². The summed E-state index contributed by atoms with van der Waals surface area (Å²) in [7, 11) is 0. The Morgan fingerprint density at radius 3 is 2.67 bits per heavy atom. The van der Waals surface area contributed by atoms with Gasteiger partial charge in [-0.1, -0.05) is 0 Å². The van der Waals surface area contributed by atoms with E-state index in [0.717, 1.165) is 16.5 Å². The molecule has 21 heavy (non-hydrogen) atoms. The van der Waals surface area contributed by atoms with Crippen LogP contribution in [0.1, 0.15) is 12.5 Å². The minimum atomic E-state index is -0.473. The van der Waals surface area contributed by atoms with Crippen molar-refractivity contribution >= 4 is 24.3 Å². The maximum absolute atomic E-state index is 12.1. The van der Waals surface area contributed by atoms with Crippen molar-refractivity contribution in [3.63, 3.8) is 0 Å². The number of aryl methyl sites for hydroxylation is 1. The Balaban J connectivity index is 1.92. The molecule has 0 radical (unpaired) electrons. The average molecular weight is 348 g/mol. The number of hydrogen-bond donors (Lipinski definition) is 0. The molecule has 108 valence electrons. The Hall–Kier alpha value is -1.64. The first-order valence-corrected chi connectivity index (χ1v) is 8.70. The monoisotopic (exact) mass is 349 g/mol. The maximum atomic E-state index is 12.1. The third-order valence-electron chi connectivity index (χ3n) is 3.31. The quantitative estimate of drug-likeness (QED) is 0.653. The molecule has 0 bridgehead atoms. The summed E-state index contributed by atoms with van der Waals surface area (Å²) in [6.45, 7) is 1.78. The number of benzene rings is 2. The van der Waals surface area contributed by atoms with Crippen LogP contribution in [-0.4, -0.2) is 32.8 Å². The van der Waals surface area contributed by atoms with E-state index in [1.807, 2.05) is 18.2 Å². The second kappa shape index (κ2) is 6.42. The summed E-state index contributed by atoms with van der Waals surface area (Å²) in [6, 6.07) is 14.5. The molecular weight excluding hydrogens is 332 g/mol. The van der Waals surface area contributed by atoms with Crippen LogP contribution < -0.4 is 4.74 Å². The van der Waals surface area contributed by atoms with E-state index in [4.69, 9.17) is 9.72 Å². The summed E-state index contributed by atoms with van der Waals surface area (Å²) < 4.78 is 19.9. The number of alkyl halides is 1. The van der Waals surface area contributed by atoms with Gasteiger partial charge in [-0.25, -0.2) is 0 Å². The molecule has 0 aliphatic heterocycles. The molecule has 1 aromatic heterocycles. The Morgan fingerprint density at radius 2 is 1.95 bits per heavy atom. The van der Waals surface area contributed by atoms with E-state index in [-0.39, 0.29) is 21.1 Å². The number of ether oxygens (including phenoxy) is 1. The van der Waals surface area contributed by atoms with Gasteiger partial charge in [0.2, 0.25) is 0 Å². The first-order valence-electron chi connectivity index (χ1n) is 6.99. The van der Waals surface area contributed by atoms with Crippen molar-refractivity contribution in [2.24, 2.45) is 0 Å². The first-order chi connectivity index (χ1) is 10.3. The van der Waals surface area contributed by atoms with Crippen LogP contribution in [0, 0.1) is 0 Å². The van der Waals surface area contributed by atoms with Gasteiger partial charge in [-0.3, -0.25) is 0 Å². The molecular formula is C17H16FNOSe. The minimum absolute atomic E-state index is 0.0962. The van der Waals surface area contributed by atoms with Gasteiger partial charge in [0.25, 0.3) is 0 Å². The van der Waals surface area contributed by atoms with Crippen LogP contribution in [0.5, 0.6) is 5.75 Å². The van der Waals surface area contributed by atoms with Crippen LogP contribution in [0.3, 0.4) is 0 Å². The Morgan fingerprint density at radius 1 is 1.14 bits per heavy atom. The van der Waals surface area contributed by atoms with E-state index in [1.165, 1.54) is 15.4 Å². The summed E-state index contributed by atoms with van der Waals surface area (Å²) in [5.41, 5.74) is 3.49. The molecule has 4 heteroatoms. The molecule has 0 fully saturated rings. The first kappa shape index (κ1) is 14.3. The molecule has 2 aromatic carbocycles. The van der Waals surface area contributed by atoms with Gasteiger partial charge >= 0.3 is 129 Å². The van der Waals surface area contributed by atoms with Gasteiger partial charge in [0.15, 0.2) is 0 Å². The van der Waals surface area contributed by atoms with Crippen LogP contribution in [0.25, 0.3) is 19.9 Å². The molecule has 0 atom stereocenters. The van der Waals surface area contributed by atoms with E-state index < -0.39 is 6.67 Å². The Labute approximate surface area is 129 Å². The third-order valence-corrected chi connectivity index (χ3v) is 5.59. The number of nitrogens with zero attached hydrogens (tertiary/aromatic N) is 1. The number of rotatable bonds is 5. The average Bonchev–Trinajstić information content (AvgIpc) is 2.96. The number of fused-ring (bicyclic) bond motifs is 1. The van der Waals surface area contributed by atoms with E-state index in [9.17, 15) is 4.39 Å². The molecule has 2 nitrogen and oxygen atoms in total. The van der Waals surface area contributed by atoms with Crippen LogP contribution in [0.2, 0.25) is 0 Å². The predicted octanol–water partition coefficient (Wildman–Crippen LogP) is 3.87. The second-order valence-corrected chi connectivity index (χ2v) is 6.90. The molecule has 0 spiro atoms. The predicted molar refractivity (Wildman–Crippen MR) is 85.0 cm³/mol. The van der Waals surface area contributed by atoms with Crippen molar-refractivity contribution < 1.29 is 9.13 Å². The molecule has 0 N–H and O–H groups in total. The fraction of sp³-hybridized carbons (Fsp3) is 0.235. The van der Waals surface area contributed by atoms with Gasteiger partial charge in [-0.15, -0.1) is 0 Å². The second-order valence-electron chi connectivity index (χ2n) is 4.74. The van der Waals surface area contributed by atoms with E-state index in [2.05, 4.69) is 31.2 Å². The SMILES string of the molecule is CCc1ccc(-c2nc3cc(OCCF)ccc3[se]2)cc1. The molecule has 0 amide bonds. The van der Waals surface area contributed by atoms with Crippen LogP contribution in [-0.2, 0) is 6.42 Å². The van der Waals surface area contributed by atoms with Crippen LogP contribution >= 0.6 is 0 Å². The van der Waals surface area contributed by atoms with Gasteiger partial charge in [-0.2, -0.15) is 0 Å². The Bertz CT molecular complexity index is 736. The zero-order valence-electron chi connectivity index (χ0n) is 11.8. The molecule has 0 unspecified atom stereocenters. The Kier molecular flexibility index (Phi) is 4.37. The number of halogens is 1. The van der Waals surface area contributed by atoms with Gasteiger partial charge in [0.05, 0.1) is 0 Å². The van der Waals surface area contributed by atoms with Crippen molar-refractivity contribution in [1.29, 1.82) is 0 Å². The van der Waals surface area contributed by atoms with Crippen molar-refractivity contribution in [2.75, 3.05) is 13.3 Å².